The molecule has 114 valence electrons. The van der Waals surface area contributed by atoms with Crippen molar-refractivity contribution in [2.75, 3.05) is 13.7 Å². The molecule has 0 bridgehead atoms. The van der Waals surface area contributed by atoms with Crippen molar-refractivity contribution >= 4 is 5.97 Å². The summed E-state index contributed by atoms with van der Waals surface area (Å²) >= 11 is 0. The normalized spacial score (nSPS) is 11.4. The maximum atomic E-state index is 11.2. The molecule has 0 saturated carbocycles. The predicted octanol–water partition coefficient (Wildman–Crippen LogP) is 2.24. The zero-order valence-corrected chi connectivity index (χ0v) is 12.3. The molecule has 5 heteroatoms. The first-order valence-corrected chi connectivity index (χ1v) is 6.43. The Balaban J connectivity index is 2.64. The van der Waals surface area contributed by atoms with Crippen molar-refractivity contribution in [2.24, 2.45) is 0 Å². The first-order chi connectivity index (χ1) is 9.97. The number of ether oxygens (including phenoxy) is 3. The molecule has 0 saturated heterocycles. The van der Waals surface area contributed by atoms with Crippen molar-refractivity contribution in [1.29, 1.82) is 0 Å². The van der Waals surface area contributed by atoms with Crippen molar-refractivity contribution in [3.05, 3.63) is 48.6 Å². The maximum absolute atomic E-state index is 11.2. The van der Waals surface area contributed by atoms with E-state index in [9.17, 15) is 9.90 Å². The van der Waals surface area contributed by atoms with Crippen LogP contribution in [0.15, 0.2) is 43.0 Å². The summed E-state index contributed by atoms with van der Waals surface area (Å²) in [5, 5.41) is 9.57. The van der Waals surface area contributed by atoms with Crippen molar-refractivity contribution in [3.8, 4) is 11.5 Å². The summed E-state index contributed by atoms with van der Waals surface area (Å²) in [6.45, 7) is 8.40. The van der Waals surface area contributed by atoms with Crippen LogP contribution in [0.1, 0.15) is 12.5 Å². The summed E-state index contributed by atoms with van der Waals surface area (Å²) in [4.78, 5) is 11.2. The van der Waals surface area contributed by atoms with Gasteiger partial charge in [0.2, 0.25) is 6.29 Å². The lowest BCUT2D eigenvalue weighted by Gasteiger charge is -2.15. The Kier molecular flexibility index (Phi) is 6.49. The number of carbonyl (C=O) groups excluding carboxylic acids is 1. The smallest absolute Gasteiger partial charge is 0.335 e. The van der Waals surface area contributed by atoms with Gasteiger partial charge in [-0.15, -0.1) is 6.58 Å². The molecule has 1 aromatic rings. The summed E-state index contributed by atoms with van der Waals surface area (Å²) in [5.41, 5.74) is 1.24. The number of carbonyl (C=O) groups is 1. The number of methoxy groups -OCH3 is 1. The zero-order chi connectivity index (χ0) is 15.8. The van der Waals surface area contributed by atoms with Crippen LogP contribution in [0.25, 0.3) is 0 Å². The molecule has 0 spiro atoms. The van der Waals surface area contributed by atoms with E-state index in [1.54, 1.807) is 12.1 Å². The molecule has 1 rings (SSSR count). The molecule has 1 unspecified atom stereocenters. The van der Waals surface area contributed by atoms with Gasteiger partial charge in [0.1, 0.15) is 0 Å². The number of rotatable bonds is 8. The highest BCUT2D eigenvalue weighted by Crippen LogP contribution is 2.28. The van der Waals surface area contributed by atoms with E-state index < -0.39 is 12.3 Å². The molecule has 21 heavy (non-hydrogen) atoms. The Morgan fingerprint density at radius 1 is 1.43 bits per heavy atom. The second kappa shape index (κ2) is 8.11. The van der Waals surface area contributed by atoms with Crippen LogP contribution in [0.2, 0.25) is 0 Å². The fourth-order valence-corrected chi connectivity index (χ4v) is 1.54. The topological polar surface area (TPSA) is 65.0 Å². The van der Waals surface area contributed by atoms with Gasteiger partial charge in [-0.05, 0) is 31.0 Å². The van der Waals surface area contributed by atoms with Crippen molar-refractivity contribution in [2.45, 2.75) is 19.6 Å². The number of benzene rings is 1. The third kappa shape index (κ3) is 5.31. The molecule has 0 amide bonds. The van der Waals surface area contributed by atoms with Gasteiger partial charge in [0, 0.05) is 5.57 Å². The molecule has 0 aliphatic rings. The molecule has 1 N–H and O–H groups in total. The van der Waals surface area contributed by atoms with Crippen molar-refractivity contribution in [1.82, 2.24) is 0 Å². The van der Waals surface area contributed by atoms with E-state index in [0.29, 0.717) is 11.5 Å². The van der Waals surface area contributed by atoms with Crippen LogP contribution in [-0.4, -0.2) is 31.1 Å². The average molecular weight is 292 g/mol. The number of allylic oxidation sites excluding steroid dienone is 1. The molecular formula is C16H20O5. The monoisotopic (exact) mass is 292 g/mol. The SMILES string of the molecule is C=CCc1ccc(OCC(O)OC(=O)C(=C)C)c(OC)c1. The fraction of sp³-hybridized carbons (Fsp3) is 0.312. The lowest BCUT2D eigenvalue weighted by molar-refractivity contribution is -0.167. The first kappa shape index (κ1) is 16.8. The second-order valence-corrected chi connectivity index (χ2v) is 4.43. The fourth-order valence-electron chi connectivity index (χ4n) is 1.54. The van der Waals surface area contributed by atoms with Crippen LogP contribution in [0.5, 0.6) is 11.5 Å². The van der Waals surface area contributed by atoms with Crippen LogP contribution in [0.4, 0.5) is 0 Å². The summed E-state index contributed by atoms with van der Waals surface area (Å²) in [7, 11) is 1.53. The predicted molar refractivity (Wildman–Crippen MR) is 79.3 cm³/mol. The second-order valence-electron chi connectivity index (χ2n) is 4.43. The lowest BCUT2D eigenvalue weighted by Crippen LogP contribution is -2.24. The first-order valence-electron chi connectivity index (χ1n) is 6.43. The van der Waals surface area contributed by atoms with Crippen LogP contribution >= 0.6 is 0 Å². The van der Waals surface area contributed by atoms with E-state index in [2.05, 4.69) is 13.2 Å². The van der Waals surface area contributed by atoms with Crippen LogP contribution in [0.3, 0.4) is 0 Å². The minimum absolute atomic E-state index is 0.198. The van der Waals surface area contributed by atoms with Gasteiger partial charge >= 0.3 is 5.97 Å². The highest BCUT2D eigenvalue weighted by molar-refractivity contribution is 5.86. The Hall–Kier alpha value is -2.27. The molecule has 0 aromatic heterocycles. The Morgan fingerprint density at radius 2 is 2.14 bits per heavy atom. The standard InChI is InChI=1S/C16H20O5/c1-5-6-12-7-8-13(14(9-12)19-4)20-10-15(17)21-16(18)11(2)3/h5,7-9,15,17H,1-2,6,10H2,3-4H3. The van der Waals surface area contributed by atoms with Gasteiger partial charge in [-0.2, -0.15) is 0 Å². The van der Waals surface area contributed by atoms with Crippen LogP contribution < -0.4 is 9.47 Å². The third-order valence-corrected chi connectivity index (χ3v) is 2.58. The number of hydrogen-bond acceptors (Lipinski definition) is 5. The lowest BCUT2D eigenvalue weighted by atomic mass is 10.1. The number of aliphatic hydroxyl groups is 1. The van der Waals surface area contributed by atoms with Gasteiger partial charge in [0.15, 0.2) is 18.1 Å². The molecule has 0 aliphatic heterocycles. The Bertz CT molecular complexity index is 521. The van der Waals surface area contributed by atoms with E-state index in [0.717, 1.165) is 12.0 Å². The van der Waals surface area contributed by atoms with Crippen molar-refractivity contribution < 1.29 is 24.1 Å². The maximum Gasteiger partial charge on any atom is 0.335 e. The van der Waals surface area contributed by atoms with E-state index in [4.69, 9.17) is 14.2 Å². The quantitative estimate of drug-likeness (QED) is 0.344. The number of aliphatic hydroxyl groups excluding tert-OH is 1. The van der Waals surface area contributed by atoms with Gasteiger partial charge in [0.25, 0.3) is 0 Å². The molecule has 1 atom stereocenters. The average Bonchev–Trinajstić information content (AvgIpc) is 2.45. The summed E-state index contributed by atoms with van der Waals surface area (Å²) in [6, 6.07) is 5.42. The van der Waals surface area contributed by atoms with Gasteiger partial charge < -0.3 is 19.3 Å². The summed E-state index contributed by atoms with van der Waals surface area (Å²) in [5.74, 6) is 0.322. The molecule has 0 radical (unpaired) electrons. The van der Waals surface area contributed by atoms with Crippen LogP contribution in [0, 0.1) is 0 Å². The van der Waals surface area contributed by atoms with Crippen molar-refractivity contribution in [3.63, 3.8) is 0 Å². The molecule has 0 heterocycles. The number of hydrogen-bond donors (Lipinski definition) is 1. The summed E-state index contributed by atoms with van der Waals surface area (Å²) in [6.07, 6.45) is 1.14. The van der Waals surface area contributed by atoms with Crippen LogP contribution in [-0.2, 0) is 16.0 Å². The molecule has 0 aliphatic carbocycles. The van der Waals surface area contributed by atoms with Gasteiger partial charge in [-0.1, -0.05) is 18.7 Å². The van der Waals surface area contributed by atoms with Gasteiger partial charge in [0.05, 0.1) is 7.11 Å². The summed E-state index contributed by atoms with van der Waals surface area (Å²) < 4.78 is 15.3. The Morgan fingerprint density at radius 3 is 2.71 bits per heavy atom. The Labute approximate surface area is 124 Å². The van der Waals surface area contributed by atoms with E-state index in [-0.39, 0.29) is 12.2 Å². The largest absolute Gasteiger partial charge is 0.493 e. The van der Waals surface area contributed by atoms with Gasteiger partial charge in [-0.25, -0.2) is 4.79 Å². The third-order valence-electron chi connectivity index (χ3n) is 2.58. The molecule has 1 aromatic carbocycles. The molecular weight excluding hydrogens is 272 g/mol. The molecule has 5 nitrogen and oxygen atoms in total. The zero-order valence-electron chi connectivity index (χ0n) is 12.3. The van der Waals surface area contributed by atoms with E-state index >= 15 is 0 Å². The minimum atomic E-state index is -1.37. The number of esters is 1. The minimum Gasteiger partial charge on any atom is -0.493 e. The highest BCUT2D eigenvalue weighted by atomic mass is 16.7. The van der Waals surface area contributed by atoms with E-state index in [1.165, 1.54) is 14.0 Å². The van der Waals surface area contributed by atoms with E-state index in [1.807, 2.05) is 12.1 Å². The molecule has 0 fully saturated rings. The highest BCUT2D eigenvalue weighted by Gasteiger charge is 2.14. The van der Waals surface area contributed by atoms with Gasteiger partial charge in [-0.3, -0.25) is 0 Å².